The van der Waals surface area contributed by atoms with Gasteiger partial charge in [-0.2, -0.15) is 0 Å². The number of hydrogen-bond acceptors (Lipinski definition) is 4. The van der Waals surface area contributed by atoms with Crippen LogP contribution in [-0.4, -0.2) is 37.6 Å². The zero-order valence-corrected chi connectivity index (χ0v) is 16.8. The number of nitrogens with two attached hydrogens (primary N) is 1. The van der Waals surface area contributed by atoms with E-state index in [1.807, 2.05) is 55.5 Å². The molecular formula is C23H31N3O2. The van der Waals surface area contributed by atoms with E-state index in [4.69, 9.17) is 10.5 Å². The Morgan fingerprint density at radius 3 is 2.43 bits per heavy atom. The summed E-state index contributed by atoms with van der Waals surface area (Å²) in [5, 5.41) is 3.14. The molecule has 5 heteroatoms. The summed E-state index contributed by atoms with van der Waals surface area (Å²) >= 11 is 0. The van der Waals surface area contributed by atoms with Gasteiger partial charge in [0.05, 0.1) is 19.1 Å². The molecule has 0 aliphatic carbocycles. The molecule has 0 bridgehead atoms. The normalized spacial score (nSPS) is 17.7. The topological polar surface area (TPSA) is 67.6 Å². The number of ether oxygens (including phenoxy) is 1. The van der Waals surface area contributed by atoms with E-state index in [2.05, 4.69) is 16.3 Å². The third kappa shape index (κ3) is 4.72. The minimum atomic E-state index is -0.322. The van der Waals surface area contributed by atoms with E-state index in [0.29, 0.717) is 6.54 Å². The highest BCUT2D eigenvalue weighted by Crippen LogP contribution is 2.31. The molecule has 0 radical (unpaired) electrons. The minimum Gasteiger partial charge on any atom is -0.496 e. The van der Waals surface area contributed by atoms with Crippen LogP contribution < -0.4 is 15.8 Å². The minimum absolute atomic E-state index is 0.0181. The molecule has 1 saturated heterocycles. The third-order valence-electron chi connectivity index (χ3n) is 5.69. The van der Waals surface area contributed by atoms with Crippen LogP contribution in [-0.2, 0) is 4.79 Å². The van der Waals surface area contributed by atoms with Gasteiger partial charge in [0.2, 0.25) is 5.91 Å². The fourth-order valence-corrected chi connectivity index (χ4v) is 3.92. The Morgan fingerprint density at radius 1 is 1.11 bits per heavy atom. The molecule has 1 aliphatic rings. The third-order valence-corrected chi connectivity index (χ3v) is 5.69. The number of rotatable bonds is 8. The monoisotopic (exact) mass is 381 g/mol. The first-order valence-corrected chi connectivity index (χ1v) is 10.1. The average molecular weight is 382 g/mol. The summed E-state index contributed by atoms with van der Waals surface area (Å²) in [4.78, 5) is 15.3. The Kier molecular flexibility index (Phi) is 7.06. The van der Waals surface area contributed by atoms with E-state index in [1.165, 1.54) is 12.8 Å². The lowest BCUT2D eigenvalue weighted by atomic mass is 9.94. The van der Waals surface area contributed by atoms with Crippen molar-refractivity contribution in [2.75, 3.05) is 26.7 Å². The molecule has 28 heavy (non-hydrogen) atoms. The number of carbonyl (C=O) groups is 1. The van der Waals surface area contributed by atoms with Crippen molar-refractivity contribution in [3.8, 4) is 5.75 Å². The Hall–Kier alpha value is -2.37. The van der Waals surface area contributed by atoms with Gasteiger partial charge in [0.1, 0.15) is 5.75 Å². The van der Waals surface area contributed by atoms with Crippen molar-refractivity contribution < 1.29 is 9.53 Å². The molecule has 150 valence electrons. The van der Waals surface area contributed by atoms with Crippen LogP contribution in [0.1, 0.15) is 43.0 Å². The molecular weight excluding hydrogens is 350 g/mol. The van der Waals surface area contributed by atoms with Crippen molar-refractivity contribution in [1.82, 2.24) is 10.2 Å². The standard InChI is InChI=1S/C23H31N3O2/c1-17(22(24)18-10-4-3-5-11-18)23(27)25-16-20(26-14-8-9-15-26)19-12-6-7-13-21(19)28-2/h3-7,10-13,17,20,22H,8-9,14-16,24H2,1-2H3,(H,25,27). The predicted molar refractivity (Wildman–Crippen MR) is 112 cm³/mol. The quantitative estimate of drug-likeness (QED) is 0.736. The number of para-hydroxylation sites is 1. The number of benzene rings is 2. The fraction of sp³-hybridized carbons (Fsp3) is 0.435. The number of amides is 1. The van der Waals surface area contributed by atoms with Crippen LogP contribution in [0.25, 0.3) is 0 Å². The summed E-state index contributed by atoms with van der Waals surface area (Å²) in [6.45, 7) is 4.52. The van der Waals surface area contributed by atoms with Crippen LogP contribution in [0.3, 0.4) is 0 Å². The molecule has 2 aromatic carbocycles. The van der Waals surface area contributed by atoms with Crippen molar-refractivity contribution in [2.24, 2.45) is 11.7 Å². The Bertz CT molecular complexity index is 759. The number of carbonyl (C=O) groups excluding carboxylic acids is 1. The van der Waals surface area contributed by atoms with Gasteiger partial charge in [-0.05, 0) is 37.6 Å². The first-order chi connectivity index (χ1) is 13.6. The predicted octanol–water partition coefficient (Wildman–Crippen LogP) is 3.28. The Labute approximate surface area is 167 Å². The van der Waals surface area contributed by atoms with E-state index < -0.39 is 0 Å². The Balaban J connectivity index is 1.70. The van der Waals surface area contributed by atoms with Gasteiger partial charge >= 0.3 is 0 Å². The summed E-state index contributed by atoms with van der Waals surface area (Å²) in [6, 6.07) is 17.6. The molecule has 2 aromatic rings. The maximum Gasteiger partial charge on any atom is 0.224 e. The highest BCUT2D eigenvalue weighted by Gasteiger charge is 2.28. The highest BCUT2D eigenvalue weighted by molar-refractivity contribution is 5.79. The van der Waals surface area contributed by atoms with Crippen LogP contribution >= 0.6 is 0 Å². The first-order valence-electron chi connectivity index (χ1n) is 10.1. The largest absolute Gasteiger partial charge is 0.496 e. The summed E-state index contributed by atoms with van der Waals surface area (Å²) < 4.78 is 5.58. The maximum absolute atomic E-state index is 12.8. The van der Waals surface area contributed by atoms with Crippen LogP contribution in [0.15, 0.2) is 54.6 Å². The number of likely N-dealkylation sites (tertiary alicyclic amines) is 1. The van der Waals surface area contributed by atoms with Crippen LogP contribution in [0, 0.1) is 5.92 Å². The fourth-order valence-electron chi connectivity index (χ4n) is 3.92. The summed E-state index contributed by atoms with van der Waals surface area (Å²) in [6.07, 6.45) is 2.38. The first kappa shape index (κ1) is 20.4. The summed E-state index contributed by atoms with van der Waals surface area (Å²) in [5.41, 5.74) is 8.43. The molecule has 3 atom stereocenters. The number of nitrogens with one attached hydrogen (secondary N) is 1. The lowest BCUT2D eigenvalue weighted by Crippen LogP contribution is -2.41. The lowest BCUT2D eigenvalue weighted by molar-refractivity contribution is -0.125. The van der Waals surface area contributed by atoms with Gasteiger partial charge in [0.25, 0.3) is 0 Å². The van der Waals surface area contributed by atoms with Crippen LogP contribution in [0.4, 0.5) is 0 Å². The van der Waals surface area contributed by atoms with Crippen molar-refractivity contribution in [3.63, 3.8) is 0 Å². The van der Waals surface area contributed by atoms with Gasteiger partial charge in [-0.1, -0.05) is 55.5 Å². The van der Waals surface area contributed by atoms with Gasteiger partial charge in [-0.3, -0.25) is 9.69 Å². The Morgan fingerprint density at radius 2 is 1.75 bits per heavy atom. The number of hydrogen-bond donors (Lipinski definition) is 2. The van der Waals surface area contributed by atoms with Gasteiger partial charge < -0.3 is 15.8 Å². The summed E-state index contributed by atoms with van der Waals surface area (Å²) in [7, 11) is 1.69. The average Bonchev–Trinajstić information content (AvgIpc) is 3.28. The SMILES string of the molecule is COc1ccccc1C(CNC(=O)C(C)C(N)c1ccccc1)N1CCCC1. The molecule has 5 nitrogen and oxygen atoms in total. The lowest BCUT2D eigenvalue weighted by Gasteiger charge is -2.30. The van der Waals surface area contributed by atoms with E-state index in [0.717, 1.165) is 30.0 Å². The zero-order valence-electron chi connectivity index (χ0n) is 16.8. The van der Waals surface area contributed by atoms with Crippen LogP contribution in [0.2, 0.25) is 0 Å². The molecule has 3 rings (SSSR count). The molecule has 1 amide bonds. The second-order valence-electron chi connectivity index (χ2n) is 7.47. The molecule has 0 saturated carbocycles. The van der Waals surface area contributed by atoms with E-state index in [9.17, 15) is 4.79 Å². The van der Waals surface area contributed by atoms with Crippen LogP contribution in [0.5, 0.6) is 5.75 Å². The maximum atomic E-state index is 12.8. The van der Waals surface area contributed by atoms with E-state index in [1.54, 1.807) is 7.11 Å². The molecule has 0 spiro atoms. The molecule has 3 unspecified atom stereocenters. The zero-order chi connectivity index (χ0) is 19.9. The smallest absolute Gasteiger partial charge is 0.224 e. The van der Waals surface area contributed by atoms with Crippen molar-refractivity contribution >= 4 is 5.91 Å². The molecule has 1 aliphatic heterocycles. The van der Waals surface area contributed by atoms with Crippen molar-refractivity contribution in [3.05, 3.63) is 65.7 Å². The van der Waals surface area contributed by atoms with E-state index in [-0.39, 0.29) is 23.9 Å². The van der Waals surface area contributed by atoms with Gasteiger partial charge in [0.15, 0.2) is 0 Å². The second kappa shape index (κ2) is 9.71. The van der Waals surface area contributed by atoms with Gasteiger partial charge in [0, 0.05) is 18.2 Å². The van der Waals surface area contributed by atoms with Gasteiger partial charge in [-0.15, -0.1) is 0 Å². The van der Waals surface area contributed by atoms with E-state index >= 15 is 0 Å². The van der Waals surface area contributed by atoms with Crippen molar-refractivity contribution in [1.29, 1.82) is 0 Å². The molecule has 0 aromatic heterocycles. The number of nitrogens with zero attached hydrogens (tertiary/aromatic N) is 1. The summed E-state index contributed by atoms with van der Waals surface area (Å²) in [5.74, 6) is 0.539. The molecule has 1 heterocycles. The highest BCUT2D eigenvalue weighted by atomic mass is 16.5. The molecule has 1 fully saturated rings. The second-order valence-corrected chi connectivity index (χ2v) is 7.47. The molecule has 3 N–H and O–H groups in total. The van der Waals surface area contributed by atoms with Gasteiger partial charge in [-0.25, -0.2) is 0 Å². The van der Waals surface area contributed by atoms with Crippen molar-refractivity contribution in [2.45, 2.75) is 31.8 Å². The number of methoxy groups -OCH3 is 1.